The molecule has 5 aliphatic rings. The molecule has 382 valence electrons. The van der Waals surface area contributed by atoms with E-state index >= 15 is 0 Å². The maximum Gasteiger partial charge on any atom is 4.00 e. The number of aryl methyl sites for hydroxylation is 1. The minimum absolute atomic E-state index is 0. The van der Waals surface area contributed by atoms with E-state index in [1.54, 1.807) is 9.80 Å². The Morgan fingerprint density at radius 2 is 0.974 bits per heavy atom. The average molecular weight is 1190 g/mol. The fourth-order valence-electron chi connectivity index (χ4n) is 11.6. The number of rotatable bonds is 8. The molecule has 0 saturated heterocycles. The molecule has 13 heteroatoms. The summed E-state index contributed by atoms with van der Waals surface area (Å²) in [6, 6.07) is 51.2. The summed E-state index contributed by atoms with van der Waals surface area (Å²) in [6.45, 7) is 13.3. The van der Waals surface area contributed by atoms with Gasteiger partial charge in [0.15, 0.2) is 0 Å². The maximum atomic E-state index is 8.17. The van der Waals surface area contributed by atoms with Crippen LogP contribution in [0.1, 0.15) is 89.8 Å². The third-order valence-corrected chi connectivity index (χ3v) is 15.0. The molecule has 0 unspecified atom stereocenters. The summed E-state index contributed by atoms with van der Waals surface area (Å²) < 4.78 is 49.0. The van der Waals surface area contributed by atoms with Crippen LogP contribution >= 0.6 is 0 Å². The Hall–Kier alpha value is -7.95. The largest absolute Gasteiger partial charge is 4.00 e. The van der Waals surface area contributed by atoms with Crippen molar-refractivity contribution >= 4 is 103 Å². The predicted octanol–water partition coefficient (Wildman–Crippen LogP) is 14.2. The van der Waals surface area contributed by atoms with Gasteiger partial charge >= 0.3 is 21.1 Å². The zero-order valence-corrected chi connectivity index (χ0v) is 46.0. The molecule has 77 heavy (non-hydrogen) atoms. The average Bonchev–Trinajstić information content (AvgIpc) is 1.73. The molecule has 7 aromatic carbocycles. The van der Waals surface area contributed by atoms with Crippen molar-refractivity contribution in [2.45, 2.75) is 66.2 Å². The summed E-state index contributed by atoms with van der Waals surface area (Å²) in [4.78, 5) is 28.1. The molecule has 0 radical (unpaired) electrons. The van der Waals surface area contributed by atoms with Crippen LogP contribution in [0.3, 0.4) is 0 Å². The van der Waals surface area contributed by atoms with Crippen molar-refractivity contribution in [1.29, 1.82) is 0 Å². The van der Waals surface area contributed by atoms with Gasteiger partial charge in [-0.25, -0.2) is 19.9 Å². The van der Waals surface area contributed by atoms with Crippen LogP contribution in [0.5, 0.6) is 0 Å². The van der Waals surface area contributed by atoms with Crippen LogP contribution < -0.4 is 45.8 Å². The van der Waals surface area contributed by atoms with Crippen LogP contribution in [0.15, 0.2) is 158 Å². The van der Waals surface area contributed by atoms with Crippen LogP contribution in [0.2, 0.25) is 0 Å². The smallest absolute Gasteiger partial charge is 0.659 e. The number of hydrogen-bond donors (Lipinski definition) is 0. The van der Waals surface area contributed by atoms with Gasteiger partial charge in [-0.2, -0.15) is 0 Å². The SMILES string of the molecule is Cc1cc2c3c(c1)N(c1ccccc1)c1cccc4c1B3c1c(cccc1N2c1ccccc1)[N-]4.[2H]C([2H])([2H])N1[CH-]N(c2[c-]c(N3[CH-]N(C([2H])([2H])[2H])c4nccnc43)cc(-c3c(C(C)C)cc(C(C)C)cc3C(C)C)c2)c2nccnc21.[Pt+4]. The molecule has 5 aliphatic heterocycles. The minimum atomic E-state index is -2.51. The fourth-order valence-corrected chi connectivity index (χ4v) is 11.6. The van der Waals surface area contributed by atoms with Crippen molar-refractivity contribution in [3.8, 4) is 11.1 Å². The first-order valence-corrected chi connectivity index (χ1v) is 25.9. The monoisotopic (exact) mass is 1190 g/mol. The van der Waals surface area contributed by atoms with Crippen molar-refractivity contribution in [1.82, 2.24) is 19.9 Å². The molecule has 0 aliphatic carbocycles. The van der Waals surface area contributed by atoms with Gasteiger partial charge in [0.2, 0.25) is 6.71 Å². The summed E-state index contributed by atoms with van der Waals surface area (Å²) in [5, 5.41) is 5.19. The van der Waals surface area contributed by atoms with Crippen LogP contribution in [-0.2, 0) is 21.1 Å². The summed E-state index contributed by atoms with van der Waals surface area (Å²) in [7, 11) is 0. The zero-order valence-electron chi connectivity index (χ0n) is 49.7. The molecule has 0 saturated carbocycles. The van der Waals surface area contributed by atoms with E-state index in [4.69, 9.17) is 13.5 Å². The fraction of sp³-hybridized carbons (Fsp3) is 0.188. The van der Waals surface area contributed by atoms with Gasteiger partial charge in [-0.1, -0.05) is 125 Å². The Morgan fingerprint density at radius 1 is 0.519 bits per heavy atom. The van der Waals surface area contributed by atoms with Crippen LogP contribution in [0.4, 0.5) is 80.1 Å². The van der Waals surface area contributed by atoms with E-state index in [9.17, 15) is 0 Å². The Balaban J connectivity index is 0.000000168. The summed E-state index contributed by atoms with van der Waals surface area (Å²) in [5.41, 5.74) is 21.2. The third kappa shape index (κ3) is 8.22. The molecule has 2 aromatic heterocycles. The van der Waals surface area contributed by atoms with Crippen molar-refractivity contribution in [3.63, 3.8) is 0 Å². The molecule has 0 amide bonds. The van der Waals surface area contributed by atoms with E-state index in [0.29, 0.717) is 28.9 Å². The molecule has 0 fully saturated rings. The quantitative estimate of drug-likeness (QED) is 0.108. The first-order chi connectivity index (χ1) is 39.3. The van der Waals surface area contributed by atoms with Crippen molar-refractivity contribution in [3.05, 3.63) is 205 Å². The number of anilines is 12. The zero-order chi connectivity index (χ0) is 57.1. The number of hydrogen-bond acceptors (Lipinski definition) is 10. The Bertz CT molecular complexity index is 3740. The molecule has 7 heterocycles. The number of para-hydroxylation sites is 2. The van der Waals surface area contributed by atoms with E-state index in [1.807, 2.05) is 12.1 Å². The summed E-state index contributed by atoms with van der Waals surface area (Å²) in [6.07, 6.45) is 5.94. The Morgan fingerprint density at radius 3 is 1.40 bits per heavy atom. The number of aromatic nitrogens is 4. The Kier molecular flexibility index (Phi) is 11.0. The summed E-state index contributed by atoms with van der Waals surface area (Å²) in [5.74, 6) is 1.75. The van der Waals surface area contributed by atoms with Gasteiger partial charge in [0, 0.05) is 67.1 Å². The van der Waals surface area contributed by atoms with E-state index in [1.165, 1.54) is 111 Å². The van der Waals surface area contributed by atoms with E-state index in [2.05, 4.69) is 206 Å². The molecule has 9 aromatic rings. The predicted molar refractivity (Wildman–Crippen MR) is 315 cm³/mol. The number of benzene rings is 7. The van der Waals surface area contributed by atoms with Crippen LogP contribution in [0.25, 0.3) is 16.4 Å². The molecule has 0 bridgehead atoms. The van der Waals surface area contributed by atoms with Gasteiger partial charge in [-0.3, -0.25) is 0 Å². The second kappa shape index (κ2) is 19.6. The molecular formula is C64H58BN11Pt. The van der Waals surface area contributed by atoms with E-state index in [0.717, 1.165) is 32.3 Å². The van der Waals surface area contributed by atoms with E-state index in [-0.39, 0.29) is 51.2 Å². The summed E-state index contributed by atoms with van der Waals surface area (Å²) >= 11 is 0. The van der Waals surface area contributed by atoms with Gasteiger partial charge in [0.25, 0.3) is 0 Å². The Labute approximate surface area is 476 Å². The molecule has 14 rings (SSSR count). The normalized spacial score (nSPS) is 15.6. The van der Waals surface area contributed by atoms with Crippen molar-refractivity contribution < 1.29 is 29.3 Å². The second-order valence-electron chi connectivity index (χ2n) is 20.8. The third-order valence-electron chi connectivity index (χ3n) is 15.0. The topological polar surface area (TPSA) is 85.1 Å². The number of nitrogens with zero attached hydrogens (tertiary/aromatic N) is 11. The van der Waals surface area contributed by atoms with Crippen molar-refractivity contribution in [2.24, 2.45) is 0 Å². The molecule has 0 atom stereocenters. The molecule has 0 spiro atoms. The second-order valence-corrected chi connectivity index (χ2v) is 20.8. The van der Waals surface area contributed by atoms with Gasteiger partial charge < -0.3 is 34.7 Å². The van der Waals surface area contributed by atoms with Crippen LogP contribution in [-0.4, -0.2) is 40.6 Å². The standard InChI is InChI=1S/C33H37N8.C31H21BN3.Pt/c1-20(2)23-15-27(21(3)4)29(28(16-23)22(5)6)24-13-25(40-18-38(7)30-32(40)36-11-9-34-30)17-26(14-24)41-19-39(8)31-33(41)37-12-10-35-31;1-20-18-27-31-28(19-20)35(22-12-6-3-7-13-22)26-17-9-15-24-30(26)32(31)29-23(33-24)14-8-16-25(29)34(27)21-10-4-2-5-11-21;/h9-16,18-22H,1-8H3;2-19H,1H3;/q-3;-1;+4/i7D3,8D3;;. The van der Waals surface area contributed by atoms with Gasteiger partial charge in [0.05, 0.1) is 0 Å². The minimum Gasteiger partial charge on any atom is -0.659 e. The van der Waals surface area contributed by atoms with Gasteiger partial charge in [-0.05, 0) is 120 Å². The first-order valence-electron chi connectivity index (χ1n) is 28.9. The first kappa shape index (κ1) is 43.2. The molecular weight excluding hydrogens is 1130 g/mol. The van der Waals surface area contributed by atoms with Crippen molar-refractivity contribution in [2.75, 3.05) is 43.4 Å². The molecule has 0 N–H and O–H groups in total. The molecule has 11 nitrogen and oxygen atoms in total. The van der Waals surface area contributed by atoms with Gasteiger partial charge in [0.1, 0.15) is 23.3 Å². The van der Waals surface area contributed by atoms with Gasteiger partial charge in [-0.15, -0.1) is 59.8 Å². The maximum absolute atomic E-state index is 8.17. The number of fused-ring (bicyclic) bond motifs is 2. The van der Waals surface area contributed by atoms with Crippen LogP contribution in [0, 0.1) is 26.3 Å². The van der Waals surface area contributed by atoms with E-state index < -0.39 is 14.0 Å².